The molecule has 0 atom stereocenters. The van der Waals surface area contributed by atoms with Crippen molar-refractivity contribution < 1.29 is 4.79 Å². The maximum atomic E-state index is 11.8. The van der Waals surface area contributed by atoms with Crippen LogP contribution in [-0.2, 0) is 11.3 Å². The highest BCUT2D eigenvalue weighted by atomic mass is 35.5. The Balaban J connectivity index is 2.80. The van der Waals surface area contributed by atoms with E-state index >= 15 is 0 Å². The highest BCUT2D eigenvalue weighted by molar-refractivity contribution is 7.16. The number of benzene rings is 1. The van der Waals surface area contributed by atoms with Gasteiger partial charge in [-0.25, -0.2) is 0 Å². The molecule has 0 aliphatic carbocycles. The Hall–Kier alpha value is -1.57. The van der Waals surface area contributed by atoms with Crippen LogP contribution in [0.1, 0.15) is 19.4 Å². The maximum absolute atomic E-state index is 11.8. The largest absolute Gasteiger partial charge is 0.304 e. The van der Waals surface area contributed by atoms with Crippen LogP contribution in [0.25, 0.3) is 10.2 Å². The normalized spacial score (nSPS) is 12.1. The van der Waals surface area contributed by atoms with E-state index in [2.05, 4.69) is 10.9 Å². The fourth-order valence-corrected chi connectivity index (χ4v) is 3.11. The lowest BCUT2D eigenvalue weighted by molar-refractivity contribution is -0.120. The minimum atomic E-state index is -0.147. The van der Waals surface area contributed by atoms with Gasteiger partial charge in [0, 0.05) is 10.9 Å². The molecule has 0 aliphatic rings. The van der Waals surface area contributed by atoms with Crippen LogP contribution in [0.4, 0.5) is 0 Å². The van der Waals surface area contributed by atoms with Crippen LogP contribution in [-0.4, -0.2) is 10.5 Å². The molecule has 20 heavy (non-hydrogen) atoms. The van der Waals surface area contributed by atoms with Crippen molar-refractivity contribution in [2.75, 3.05) is 0 Å². The molecule has 1 amide bonds. The molecular formula is C15H15ClN2OS. The van der Waals surface area contributed by atoms with Crippen molar-refractivity contribution >= 4 is 39.1 Å². The van der Waals surface area contributed by atoms with Crippen LogP contribution < -0.4 is 4.80 Å². The lowest BCUT2D eigenvalue weighted by Gasteiger charge is -2.04. The van der Waals surface area contributed by atoms with E-state index in [9.17, 15) is 4.79 Å². The topological polar surface area (TPSA) is 34.4 Å². The SMILES string of the molecule is C#CCn1c(=NC(=O)C(C)C)sc2ccc(Cl)c(C)c21. The Morgan fingerprint density at radius 2 is 2.25 bits per heavy atom. The number of hydrogen-bond acceptors (Lipinski definition) is 2. The molecule has 0 aliphatic heterocycles. The summed E-state index contributed by atoms with van der Waals surface area (Å²) < 4.78 is 2.90. The van der Waals surface area contributed by atoms with Crippen molar-refractivity contribution in [3.05, 3.63) is 27.5 Å². The molecule has 2 aromatic rings. The number of nitrogens with zero attached hydrogens (tertiary/aromatic N) is 2. The van der Waals surface area contributed by atoms with E-state index in [1.165, 1.54) is 11.3 Å². The van der Waals surface area contributed by atoms with E-state index in [-0.39, 0.29) is 11.8 Å². The minimum absolute atomic E-state index is 0.135. The van der Waals surface area contributed by atoms with Crippen LogP contribution in [0.5, 0.6) is 0 Å². The van der Waals surface area contributed by atoms with Gasteiger partial charge in [0.15, 0.2) is 4.80 Å². The molecular weight excluding hydrogens is 292 g/mol. The van der Waals surface area contributed by atoms with Crippen molar-refractivity contribution in [2.45, 2.75) is 27.3 Å². The van der Waals surface area contributed by atoms with Crippen molar-refractivity contribution in [1.82, 2.24) is 4.57 Å². The summed E-state index contributed by atoms with van der Waals surface area (Å²) in [6, 6.07) is 3.78. The molecule has 2 rings (SSSR count). The second-order valence-electron chi connectivity index (χ2n) is 4.80. The molecule has 0 spiro atoms. The molecule has 1 heterocycles. The lowest BCUT2D eigenvalue weighted by atomic mass is 10.2. The number of carbonyl (C=O) groups is 1. The predicted octanol–water partition coefficient (Wildman–Crippen LogP) is 3.38. The first-order chi connectivity index (χ1) is 9.45. The molecule has 1 aromatic heterocycles. The van der Waals surface area contributed by atoms with Crippen LogP contribution >= 0.6 is 22.9 Å². The average molecular weight is 307 g/mol. The van der Waals surface area contributed by atoms with Gasteiger partial charge >= 0.3 is 0 Å². The monoisotopic (exact) mass is 306 g/mol. The van der Waals surface area contributed by atoms with Crippen molar-refractivity contribution in [3.63, 3.8) is 0 Å². The van der Waals surface area contributed by atoms with Gasteiger partial charge in [-0.15, -0.1) is 6.42 Å². The second-order valence-corrected chi connectivity index (χ2v) is 6.22. The van der Waals surface area contributed by atoms with Gasteiger partial charge in [0.25, 0.3) is 5.91 Å². The maximum Gasteiger partial charge on any atom is 0.250 e. The molecule has 0 fully saturated rings. The number of halogens is 1. The van der Waals surface area contributed by atoms with Crippen LogP contribution in [0.15, 0.2) is 17.1 Å². The first-order valence-corrected chi connectivity index (χ1v) is 7.45. The molecule has 0 bridgehead atoms. The summed E-state index contributed by atoms with van der Waals surface area (Å²) in [7, 11) is 0. The molecule has 0 saturated heterocycles. The van der Waals surface area contributed by atoms with Crippen molar-refractivity contribution in [1.29, 1.82) is 0 Å². The summed E-state index contributed by atoms with van der Waals surface area (Å²) in [5, 5.41) is 0.683. The van der Waals surface area contributed by atoms with Gasteiger partial charge in [-0.05, 0) is 24.6 Å². The van der Waals surface area contributed by atoms with Crippen molar-refractivity contribution in [3.8, 4) is 12.3 Å². The number of thiazole rings is 1. The van der Waals surface area contributed by atoms with Crippen LogP contribution in [0.2, 0.25) is 5.02 Å². The molecule has 0 N–H and O–H groups in total. The van der Waals surface area contributed by atoms with E-state index in [0.29, 0.717) is 16.4 Å². The number of aromatic nitrogens is 1. The number of hydrogen-bond donors (Lipinski definition) is 0. The summed E-state index contributed by atoms with van der Waals surface area (Å²) in [4.78, 5) is 16.7. The molecule has 0 unspecified atom stereocenters. The van der Waals surface area contributed by atoms with Gasteiger partial charge in [0.05, 0.1) is 16.8 Å². The quantitative estimate of drug-likeness (QED) is 0.783. The Labute approximate surface area is 126 Å². The zero-order valence-electron chi connectivity index (χ0n) is 11.6. The summed E-state index contributed by atoms with van der Waals surface area (Å²) in [6.07, 6.45) is 5.43. The van der Waals surface area contributed by atoms with Gasteiger partial charge in [0.2, 0.25) is 0 Å². The number of aryl methyl sites for hydroxylation is 1. The third-order valence-electron chi connectivity index (χ3n) is 2.98. The number of amides is 1. The highest BCUT2D eigenvalue weighted by Gasteiger charge is 2.12. The number of terminal acetylenes is 1. The predicted molar refractivity (Wildman–Crippen MR) is 83.8 cm³/mol. The first kappa shape index (κ1) is 14.8. The second kappa shape index (κ2) is 5.82. The van der Waals surface area contributed by atoms with Gasteiger partial charge in [0.1, 0.15) is 0 Å². The Morgan fingerprint density at radius 3 is 2.85 bits per heavy atom. The van der Waals surface area contributed by atoms with E-state index in [1.54, 1.807) is 0 Å². The number of fused-ring (bicyclic) bond motifs is 1. The average Bonchev–Trinajstić information content (AvgIpc) is 2.73. The first-order valence-electron chi connectivity index (χ1n) is 6.26. The minimum Gasteiger partial charge on any atom is -0.304 e. The molecule has 5 heteroatoms. The van der Waals surface area contributed by atoms with E-state index in [0.717, 1.165) is 15.8 Å². The third kappa shape index (κ3) is 2.65. The number of carbonyl (C=O) groups excluding carboxylic acids is 1. The fourth-order valence-electron chi connectivity index (χ4n) is 1.86. The summed E-state index contributed by atoms with van der Waals surface area (Å²) in [5.41, 5.74) is 1.91. The van der Waals surface area contributed by atoms with E-state index in [4.69, 9.17) is 18.0 Å². The summed E-state index contributed by atoms with van der Waals surface area (Å²) in [5.74, 6) is 2.32. The molecule has 3 nitrogen and oxygen atoms in total. The Kier molecular flexibility index (Phi) is 4.32. The zero-order chi connectivity index (χ0) is 14.9. The Bertz CT molecular complexity index is 777. The van der Waals surface area contributed by atoms with E-state index in [1.807, 2.05) is 37.5 Å². The zero-order valence-corrected chi connectivity index (χ0v) is 13.2. The lowest BCUT2D eigenvalue weighted by Crippen LogP contribution is -2.18. The molecule has 1 aromatic carbocycles. The summed E-state index contributed by atoms with van der Waals surface area (Å²) in [6.45, 7) is 5.96. The van der Waals surface area contributed by atoms with E-state index < -0.39 is 0 Å². The standard InChI is InChI=1S/C15H15ClN2OS/c1-5-8-18-13-10(4)11(16)6-7-12(13)20-15(18)17-14(19)9(2)3/h1,6-7,9H,8H2,2-4H3. The van der Waals surface area contributed by atoms with Crippen molar-refractivity contribution in [2.24, 2.45) is 10.9 Å². The van der Waals surface area contributed by atoms with Gasteiger partial charge in [-0.2, -0.15) is 4.99 Å². The Morgan fingerprint density at radius 1 is 1.55 bits per heavy atom. The highest BCUT2D eigenvalue weighted by Crippen LogP contribution is 2.27. The summed E-state index contributed by atoms with van der Waals surface area (Å²) >= 11 is 7.62. The molecule has 0 radical (unpaired) electrons. The molecule has 0 saturated carbocycles. The van der Waals surface area contributed by atoms with Crippen LogP contribution in [0, 0.1) is 25.2 Å². The van der Waals surface area contributed by atoms with Gasteiger partial charge < -0.3 is 4.57 Å². The fraction of sp³-hybridized carbons (Fsp3) is 0.333. The molecule has 104 valence electrons. The van der Waals surface area contributed by atoms with Gasteiger partial charge in [-0.3, -0.25) is 4.79 Å². The van der Waals surface area contributed by atoms with Crippen LogP contribution in [0.3, 0.4) is 0 Å². The van der Waals surface area contributed by atoms with Gasteiger partial charge in [-0.1, -0.05) is 42.7 Å². The number of rotatable bonds is 2. The smallest absolute Gasteiger partial charge is 0.250 e. The third-order valence-corrected chi connectivity index (χ3v) is 4.43.